The monoisotopic (exact) mass is 241 g/mol. The molecule has 1 amide bonds. The average molecular weight is 241 g/mol. The number of carbonyl (C=O) groups excluding carboxylic acids is 1. The Kier molecular flexibility index (Phi) is 3.38. The highest BCUT2D eigenvalue weighted by molar-refractivity contribution is 5.88. The van der Waals surface area contributed by atoms with Gasteiger partial charge in [0.05, 0.1) is 6.61 Å². The normalized spacial score (nSPS) is 37.0. The first-order valence-electron chi connectivity index (χ1n) is 6.18. The van der Waals surface area contributed by atoms with Gasteiger partial charge in [-0.1, -0.05) is 13.3 Å². The molecule has 0 aromatic heterocycles. The molecule has 3 atom stereocenters. The van der Waals surface area contributed by atoms with Crippen LogP contribution in [-0.4, -0.2) is 35.7 Å². The summed E-state index contributed by atoms with van der Waals surface area (Å²) in [6, 6.07) is 0. The molecule has 17 heavy (non-hydrogen) atoms. The molecule has 0 aromatic rings. The number of hydrogen-bond acceptors (Lipinski definition) is 3. The van der Waals surface area contributed by atoms with Crippen molar-refractivity contribution in [1.29, 1.82) is 0 Å². The number of rotatable bonds is 3. The summed E-state index contributed by atoms with van der Waals surface area (Å²) in [5, 5.41) is 11.9. The summed E-state index contributed by atoms with van der Waals surface area (Å²) in [7, 11) is 0. The maximum atomic E-state index is 12.1. The predicted octanol–water partition coefficient (Wildman–Crippen LogP) is 0.782. The van der Waals surface area contributed by atoms with Gasteiger partial charge in [0.15, 0.2) is 5.54 Å². The molecule has 0 spiro atoms. The molecule has 5 nitrogen and oxygen atoms in total. The minimum Gasteiger partial charge on any atom is -0.479 e. The van der Waals surface area contributed by atoms with Crippen LogP contribution >= 0.6 is 0 Å². The molecule has 1 heterocycles. The van der Waals surface area contributed by atoms with E-state index in [0.717, 1.165) is 19.3 Å². The summed E-state index contributed by atoms with van der Waals surface area (Å²) in [6.07, 6.45) is 3.32. The van der Waals surface area contributed by atoms with Crippen LogP contribution in [0.4, 0.5) is 0 Å². The third-order valence-electron chi connectivity index (χ3n) is 3.99. The summed E-state index contributed by atoms with van der Waals surface area (Å²) < 4.78 is 5.12. The molecule has 2 N–H and O–H groups in total. The van der Waals surface area contributed by atoms with E-state index in [1.807, 2.05) is 0 Å². The average Bonchev–Trinajstić information content (AvgIpc) is 2.87. The van der Waals surface area contributed by atoms with Crippen molar-refractivity contribution in [2.45, 2.75) is 38.1 Å². The van der Waals surface area contributed by atoms with E-state index in [-0.39, 0.29) is 18.4 Å². The fourth-order valence-electron chi connectivity index (χ4n) is 2.75. The van der Waals surface area contributed by atoms with E-state index in [1.165, 1.54) is 0 Å². The van der Waals surface area contributed by atoms with Crippen LogP contribution in [0, 0.1) is 11.8 Å². The van der Waals surface area contributed by atoms with Gasteiger partial charge in [-0.3, -0.25) is 4.79 Å². The Morgan fingerprint density at radius 1 is 1.41 bits per heavy atom. The molecule has 1 aliphatic carbocycles. The number of nitrogens with one attached hydrogen (secondary N) is 1. The highest BCUT2D eigenvalue weighted by Gasteiger charge is 2.45. The van der Waals surface area contributed by atoms with Crippen LogP contribution in [0.5, 0.6) is 0 Å². The van der Waals surface area contributed by atoms with Gasteiger partial charge in [0.2, 0.25) is 5.91 Å². The molecule has 1 saturated carbocycles. The van der Waals surface area contributed by atoms with Gasteiger partial charge in [-0.2, -0.15) is 0 Å². The Morgan fingerprint density at radius 2 is 2.18 bits per heavy atom. The van der Waals surface area contributed by atoms with Crippen LogP contribution in [0.15, 0.2) is 0 Å². The van der Waals surface area contributed by atoms with Crippen molar-refractivity contribution in [2.24, 2.45) is 11.8 Å². The molecule has 1 saturated heterocycles. The number of carboxylic acid groups (broad SMARTS) is 1. The molecule has 0 radical (unpaired) electrons. The lowest BCUT2D eigenvalue weighted by molar-refractivity contribution is -0.148. The zero-order chi connectivity index (χ0) is 12.5. The van der Waals surface area contributed by atoms with Gasteiger partial charge in [0, 0.05) is 18.9 Å². The number of amides is 1. The Bertz CT molecular complexity index is 322. The van der Waals surface area contributed by atoms with E-state index < -0.39 is 11.5 Å². The minimum absolute atomic E-state index is 0.0353. The molecular formula is C12H19NO4. The van der Waals surface area contributed by atoms with E-state index in [9.17, 15) is 14.7 Å². The second kappa shape index (κ2) is 4.64. The number of aliphatic carboxylic acids is 1. The Balaban J connectivity index is 2.03. The lowest BCUT2D eigenvalue weighted by Gasteiger charge is -2.26. The molecule has 0 bridgehead atoms. The quantitative estimate of drug-likeness (QED) is 0.765. The largest absolute Gasteiger partial charge is 0.479 e. The van der Waals surface area contributed by atoms with Crippen molar-refractivity contribution < 1.29 is 19.4 Å². The van der Waals surface area contributed by atoms with E-state index in [4.69, 9.17) is 4.74 Å². The fraction of sp³-hybridized carbons (Fsp3) is 0.833. The molecule has 2 fully saturated rings. The molecular weight excluding hydrogens is 222 g/mol. The maximum Gasteiger partial charge on any atom is 0.331 e. The van der Waals surface area contributed by atoms with Gasteiger partial charge in [-0.05, 0) is 18.8 Å². The van der Waals surface area contributed by atoms with Gasteiger partial charge >= 0.3 is 5.97 Å². The second-order valence-corrected chi connectivity index (χ2v) is 5.19. The van der Waals surface area contributed by atoms with Crippen LogP contribution in [0.25, 0.3) is 0 Å². The van der Waals surface area contributed by atoms with E-state index >= 15 is 0 Å². The van der Waals surface area contributed by atoms with Crippen molar-refractivity contribution in [2.75, 3.05) is 13.2 Å². The Labute approximate surface area is 101 Å². The highest BCUT2D eigenvalue weighted by Crippen LogP contribution is 2.32. The fourth-order valence-corrected chi connectivity index (χ4v) is 2.75. The Morgan fingerprint density at radius 3 is 2.65 bits per heavy atom. The van der Waals surface area contributed by atoms with Gasteiger partial charge in [0.1, 0.15) is 0 Å². The third-order valence-corrected chi connectivity index (χ3v) is 3.99. The van der Waals surface area contributed by atoms with E-state index in [0.29, 0.717) is 18.9 Å². The van der Waals surface area contributed by atoms with Gasteiger partial charge in [-0.15, -0.1) is 0 Å². The zero-order valence-corrected chi connectivity index (χ0v) is 10.1. The number of ether oxygens (including phenoxy) is 1. The minimum atomic E-state index is -1.20. The van der Waals surface area contributed by atoms with Crippen molar-refractivity contribution in [3.05, 3.63) is 0 Å². The molecule has 0 aromatic carbocycles. The van der Waals surface area contributed by atoms with Crippen molar-refractivity contribution in [1.82, 2.24) is 5.32 Å². The zero-order valence-electron chi connectivity index (χ0n) is 10.1. The molecule has 1 aliphatic heterocycles. The summed E-state index contributed by atoms with van der Waals surface area (Å²) in [6.45, 7) is 2.53. The number of carboxylic acids is 1. The molecule has 5 heteroatoms. The summed E-state index contributed by atoms with van der Waals surface area (Å²) in [5.74, 6) is -0.799. The third kappa shape index (κ3) is 2.29. The maximum absolute atomic E-state index is 12.1. The summed E-state index contributed by atoms with van der Waals surface area (Å²) >= 11 is 0. The molecule has 2 aliphatic rings. The Hall–Kier alpha value is -1.10. The van der Waals surface area contributed by atoms with E-state index in [1.54, 1.807) is 0 Å². The van der Waals surface area contributed by atoms with Crippen LogP contribution in [0.2, 0.25) is 0 Å². The number of hydrogen-bond donors (Lipinski definition) is 2. The molecule has 2 rings (SSSR count). The van der Waals surface area contributed by atoms with Crippen molar-refractivity contribution >= 4 is 11.9 Å². The molecule has 3 unspecified atom stereocenters. The first kappa shape index (κ1) is 12.4. The smallest absolute Gasteiger partial charge is 0.331 e. The van der Waals surface area contributed by atoms with Crippen LogP contribution in [-0.2, 0) is 14.3 Å². The van der Waals surface area contributed by atoms with Crippen LogP contribution in [0.3, 0.4) is 0 Å². The standard InChI is InChI=1S/C12H19NO4/c1-8-3-2-4-9(8)10(14)13-12(11(15)16)5-6-17-7-12/h8-9H,2-7H2,1H3,(H,13,14)(H,15,16). The first-order chi connectivity index (χ1) is 8.05. The SMILES string of the molecule is CC1CCCC1C(=O)NC1(C(=O)O)CCOC1. The van der Waals surface area contributed by atoms with E-state index in [2.05, 4.69) is 12.2 Å². The molecule has 96 valence electrons. The lowest BCUT2D eigenvalue weighted by atomic mass is 9.93. The first-order valence-corrected chi connectivity index (χ1v) is 6.18. The second-order valence-electron chi connectivity index (χ2n) is 5.19. The van der Waals surface area contributed by atoms with Crippen molar-refractivity contribution in [3.8, 4) is 0 Å². The van der Waals surface area contributed by atoms with Crippen LogP contribution in [0.1, 0.15) is 32.6 Å². The topological polar surface area (TPSA) is 75.6 Å². The van der Waals surface area contributed by atoms with Gasteiger partial charge in [0.25, 0.3) is 0 Å². The predicted molar refractivity (Wildman–Crippen MR) is 60.5 cm³/mol. The van der Waals surface area contributed by atoms with Gasteiger partial charge in [-0.25, -0.2) is 4.79 Å². The number of carbonyl (C=O) groups is 2. The van der Waals surface area contributed by atoms with Crippen molar-refractivity contribution in [3.63, 3.8) is 0 Å². The summed E-state index contributed by atoms with van der Waals surface area (Å²) in [4.78, 5) is 23.4. The lowest BCUT2D eigenvalue weighted by Crippen LogP contribution is -2.56. The highest BCUT2D eigenvalue weighted by atomic mass is 16.5. The van der Waals surface area contributed by atoms with Crippen LogP contribution < -0.4 is 5.32 Å². The summed E-state index contributed by atoms with van der Waals surface area (Å²) in [5.41, 5.74) is -1.20. The van der Waals surface area contributed by atoms with Gasteiger partial charge < -0.3 is 15.2 Å².